The molecule has 2 N–H and O–H groups in total. The minimum absolute atomic E-state index is 0.0196. The fraction of sp³-hybridized carbons (Fsp3) is 0.0833. The molecule has 0 bridgehead atoms. The summed E-state index contributed by atoms with van der Waals surface area (Å²) >= 11 is 7.20. The van der Waals surface area contributed by atoms with E-state index in [1.165, 1.54) is 36.0 Å². The second kappa shape index (κ2) is 10.5. The molecule has 0 aliphatic carbocycles. The predicted octanol–water partition coefficient (Wildman–Crippen LogP) is 4.59. The number of hydrogen-bond donors (Lipinski definition) is 2. The first-order chi connectivity index (χ1) is 16.4. The number of nitrogens with zero attached hydrogens (tertiary/aromatic N) is 3. The number of aromatic nitrogens is 3. The summed E-state index contributed by atoms with van der Waals surface area (Å²) in [4.78, 5) is 24.4. The number of halogens is 2. The Balaban J connectivity index is 1.49. The number of thioether (sulfide) groups is 1. The van der Waals surface area contributed by atoms with Gasteiger partial charge in [0.2, 0.25) is 5.91 Å². The normalized spacial score (nSPS) is 10.7. The van der Waals surface area contributed by atoms with E-state index in [0.717, 1.165) is 16.8 Å². The van der Waals surface area contributed by atoms with E-state index in [0.29, 0.717) is 16.0 Å². The molecule has 0 atom stereocenters. The molecule has 0 saturated carbocycles. The lowest BCUT2D eigenvalue weighted by Gasteiger charge is -2.11. The van der Waals surface area contributed by atoms with Crippen molar-refractivity contribution in [1.82, 2.24) is 25.6 Å². The van der Waals surface area contributed by atoms with Crippen molar-refractivity contribution in [2.45, 2.75) is 12.1 Å². The summed E-state index contributed by atoms with van der Waals surface area (Å²) in [6.45, 7) is 1.99. The highest BCUT2D eigenvalue weighted by Gasteiger charge is 2.18. The summed E-state index contributed by atoms with van der Waals surface area (Å²) < 4.78 is 14.9. The van der Waals surface area contributed by atoms with Crippen LogP contribution in [0.4, 0.5) is 4.39 Å². The zero-order chi connectivity index (χ0) is 24.1. The molecule has 4 rings (SSSR count). The molecule has 0 saturated heterocycles. The number of benzene rings is 3. The molecule has 0 radical (unpaired) electrons. The zero-order valence-corrected chi connectivity index (χ0v) is 19.5. The number of rotatable bonds is 6. The van der Waals surface area contributed by atoms with Crippen LogP contribution in [0.5, 0.6) is 0 Å². The number of nitrogens with one attached hydrogen (secondary N) is 2. The maximum atomic E-state index is 13.0. The Kier molecular flexibility index (Phi) is 7.24. The number of amides is 2. The van der Waals surface area contributed by atoms with Crippen LogP contribution in [0.15, 0.2) is 78.0 Å². The average molecular weight is 496 g/mol. The zero-order valence-electron chi connectivity index (χ0n) is 18.0. The van der Waals surface area contributed by atoms with Crippen molar-refractivity contribution in [3.8, 4) is 17.1 Å². The molecule has 4 aromatic rings. The van der Waals surface area contributed by atoms with Crippen LogP contribution in [-0.2, 0) is 4.79 Å². The van der Waals surface area contributed by atoms with E-state index in [2.05, 4.69) is 21.0 Å². The average Bonchev–Trinajstić information content (AvgIpc) is 3.26. The van der Waals surface area contributed by atoms with Crippen LogP contribution in [0.2, 0.25) is 5.02 Å². The van der Waals surface area contributed by atoms with E-state index in [4.69, 9.17) is 11.6 Å². The van der Waals surface area contributed by atoms with Crippen LogP contribution in [0.25, 0.3) is 17.1 Å². The van der Waals surface area contributed by atoms with E-state index >= 15 is 0 Å². The molecule has 0 spiro atoms. The summed E-state index contributed by atoms with van der Waals surface area (Å²) in [7, 11) is 0. The molecular formula is C24H19ClFN5O2S. The third-order valence-electron chi connectivity index (χ3n) is 4.75. The van der Waals surface area contributed by atoms with Crippen molar-refractivity contribution < 1.29 is 14.0 Å². The number of hydrazine groups is 1. The SMILES string of the molecule is Cc1cccc(-n2c(SCC(=O)NNC(=O)c3ccc(F)cc3)nnc2-c2ccc(Cl)cc2)c1. The smallest absolute Gasteiger partial charge is 0.269 e. The van der Waals surface area contributed by atoms with Gasteiger partial charge >= 0.3 is 0 Å². The van der Waals surface area contributed by atoms with E-state index in [1.54, 1.807) is 12.1 Å². The standard InChI is InChI=1S/C24H19ClFN5O2S/c1-15-3-2-4-20(13-15)31-22(16-5-9-18(25)10-6-16)28-30-24(31)34-14-21(32)27-29-23(33)17-7-11-19(26)12-8-17/h2-13H,14H2,1H3,(H,27,32)(H,29,33). The molecule has 3 aromatic carbocycles. The number of carbonyl (C=O) groups excluding carboxylic acids is 2. The highest BCUT2D eigenvalue weighted by atomic mass is 35.5. The van der Waals surface area contributed by atoms with E-state index in [1.807, 2.05) is 47.9 Å². The fourth-order valence-electron chi connectivity index (χ4n) is 3.12. The van der Waals surface area contributed by atoms with Crippen molar-refractivity contribution in [3.05, 3.63) is 94.8 Å². The van der Waals surface area contributed by atoms with E-state index in [-0.39, 0.29) is 11.3 Å². The summed E-state index contributed by atoms with van der Waals surface area (Å²) in [6.07, 6.45) is 0. The molecular weight excluding hydrogens is 477 g/mol. The van der Waals surface area contributed by atoms with Gasteiger partial charge in [-0.25, -0.2) is 4.39 Å². The van der Waals surface area contributed by atoms with Crippen LogP contribution in [0.3, 0.4) is 0 Å². The fourth-order valence-corrected chi connectivity index (χ4v) is 3.99. The van der Waals surface area contributed by atoms with Crippen molar-refractivity contribution >= 4 is 35.2 Å². The number of hydrogen-bond acceptors (Lipinski definition) is 5. The Labute approximate surface area is 204 Å². The van der Waals surface area contributed by atoms with Crippen LogP contribution in [-0.4, -0.2) is 32.3 Å². The lowest BCUT2D eigenvalue weighted by molar-refractivity contribution is -0.119. The summed E-state index contributed by atoms with van der Waals surface area (Å²) in [5.74, 6) is -0.852. The third kappa shape index (κ3) is 5.62. The Morgan fingerprint density at radius 3 is 2.44 bits per heavy atom. The number of aryl methyl sites for hydroxylation is 1. The lowest BCUT2D eigenvalue weighted by Crippen LogP contribution is -2.42. The topological polar surface area (TPSA) is 88.9 Å². The van der Waals surface area contributed by atoms with Crippen LogP contribution >= 0.6 is 23.4 Å². The van der Waals surface area contributed by atoms with Gasteiger partial charge in [0.05, 0.1) is 5.75 Å². The molecule has 0 aliphatic heterocycles. The van der Waals surface area contributed by atoms with Gasteiger partial charge in [-0.3, -0.25) is 25.0 Å². The molecule has 1 heterocycles. The molecule has 10 heteroatoms. The summed E-state index contributed by atoms with van der Waals surface area (Å²) in [5.41, 5.74) is 7.62. The van der Waals surface area contributed by atoms with Gasteiger partial charge in [-0.1, -0.05) is 35.5 Å². The maximum absolute atomic E-state index is 13.0. The molecule has 34 heavy (non-hydrogen) atoms. The van der Waals surface area contributed by atoms with Crippen molar-refractivity contribution in [1.29, 1.82) is 0 Å². The van der Waals surface area contributed by atoms with Crippen molar-refractivity contribution in [2.75, 3.05) is 5.75 Å². The van der Waals surface area contributed by atoms with E-state index in [9.17, 15) is 14.0 Å². The van der Waals surface area contributed by atoms with Gasteiger partial charge < -0.3 is 0 Å². The van der Waals surface area contributed by atoms with Crippen molar-refractivity contribution in [2.24, 2.45) is 0 Å². The first kappa shape index (κ1) is 23.5. The monoisotopic (exact) mass is 495 g/mol. The molecule has 1 aromatic heterocycles. The Hall–Kier alpha value is -3.69. The van der Waals surface area contributed by atoms with Gasteiger partial charge in [0, 0.05) is 21.8 Å². The third-order valence-corrected chi connectivity index (χ3v) is 5.93. The van der Waals surface area contributed by atoms with E-state index < -0.39 is 17.6 Å². The van der Waals surface area contributed by atoms with Crippen molar-refractivity contribution in [3.63, 3.8) is 0 Å². The Morgan fingerprint density at radius 2 is 1.74 bits per heavy atom. The first-order valence-electron chi connectivity index (χ1n) is 10.2. The molecule has 7 nitrogen and oxygen atoms in total. The minimum Gasteiger partial charge on any atom is -0.272 e. The van der Waals surface area contributed by atoms with Gasteiger partial charge in [0.15, 0.2) is 11.0 Å². The Morgan fingerprint density at radius 1 is 1.00 bits per heavy atom. The quantitative estimate of drug-likeness (QED) is 0.302. The lowest BCUT2D eigenvalue weighted by atomic mass is 10.2. The largest absolute Gasteiger partial charge is 0.272 e. The van der Waals surface area contributed by atoms with Crippen LogP contribution in [0, 0.1) is 12.7 Å². The second-order valence-corrected chi connectivity index (χ2v) is 8.66. The van der Waals surface area contributed by atoms with Gasteiger partial charge in [-0.15, -0.1) is 10.2 Å². The molecule has 172 valence electrons. The minimum atomic E-state index is -0.550. The summed E-state index contributed by atoms with van der Waals surface area (Å²) in [5, 5.41) is 9.74. The molecule has 0 fully saturated rings. The predicted molar refractivity (Wildman–Crippen MR) is 129 cm³/mol. The molecule has 0 unspecified atom stereocenters. The highest BCUT2D eigenvalue weighted by Crippen LogP contribution is 2.29. The first-order valence-corrected chi connectivity index (χ1v) is 11.5. The van der Waals surface area contributed by atoms with Gasteiger partial charge in [0.25, 0.3) is 5.91 Å². The molecule has 0 aliphatic rings. The van der Waals surface area contributed by atoms with Crippen LogP contribution < -0.4 is 10.9 Å². The van der Waals surface area contributed by atoms with Gasteiger partial charge in [0.1, 0.15) is 5.82 Å². The number of carbonyl (C=O) groups is 2. The van der Waals surface area contributed by atoms with Crippen LogP contribution in [0.1, 0.15) is 15.9 Å². The second-order valence-electron chi connectivity index (χ2n) is 7.29. The summed E-state index contributed by atoms with van der Waals surface area (Å²) in [6, 6.07) is 20.1. The van der Waals surface area contributed by atoms with Gasteiger partial charge in [-0.05, 0) is 73.2 Å². The Bertz CT molecular complexity index is 1330. The molecule has 2 amide bonds. The highest BCUT2D eigenvalue weighted by molar-refractivity contribution is 7.99. The maximum Gasteiger partial charge on any atom is 0.269 e. The van der Waals surface area contributed by atoms with Gasteiger partial charge in [-0.2, -0.15) is 0 Å².